The van der Waals surface area contributed by atoms with Crippen LogP contribution in [0.5, 0.6) is 5.75 Å². The van der Waals surface area contributed by atoms with Crippen molar-refractivity contribution in [3.8, 4) is 17.1 Å². The average molecular weight is 415 g/mol. The number of amides is 1. The molecule has 2 heterocycles. The third kappa shape index (κ3) is 5.44. The zero-order valence-electron chi connectivity index (χ0n) is 16.1. The van der Waals surface area contributed by atoms with Crippen LogP contribution in [-0.4, -0.2) is 57.2 Å². The molecule has 3 aromatic rings. The van der Waals surface area contributed by atoms with Crippen molar-refractivity contribution in [1.82, 2.24) is 25.1 Å². The summed E-state index contributed by atoms with van der Waals surface area (Å²) in [6.07, 6.45) is 0. The van der Waals surface area contributed by atoms with Crippen LogP contribution < -0.4 is 10.1 Å². The number of hydrogen-bond acceptors (Lipinski definition) is 8. The number of hydrogen-bond donors (Lipinski definition) is 1. The Balaban J connectivity index is 1.67. The Labute approximate surface area is 171 Å². The first-order chi connectivity index (χ1) is 14.1. The molecule has 0 saturated heterocycles. The number of benzene rings is 1. The largest absolute Gasteiger partial charge is 0.494 e. The number of esters is 1. The Bertz CT molecular complexity index is 990. The fourth-order valence-corrected chi connectivity index (χ4v) is 3.15. The lowest BCUT2D eigenvalue weighted by Crippen LogP contribution is -2.31. The predicted molar refractivity (Wildman–Crippen MR) is 108 cm³/mol. The van der Waals surface area contributed by atoms with Gasteiger partial charge in [0.25, 0.3) is 0 Å². The van der Waals surface area contributed by atoms with E-state index in [-0.39, 0.29) is 24.8 Å². The van der Waals surface area contributed by atoms with Gasteiger partial charge >= 0.3 is 5.97 Å². The van der Waals surface area contributed by atoms with Crippen LogP contribution in [0.3, 0.4) is 0 Å². The van der Waals surface area contributed by atoms with Gasteiger partial charge in [-0.05, 0) is 50.2 Å². The van der Waals surface area contributed by atoms with E-state index < -0.39 is 5.97 Å². The zero-order chi connectivity index (χ0) is 20.6. The molecule has 1 amide bonds. The molecule has 0 saturated carbocycles. The van der Waals surface area contributed by atoms with E-state index in [1.54, 1.807) is 23.6 Å². The topological polar surface area (TPSA) is 108 Å². The Kier molecular flexibility index (Phi) is 7.01. The van der Waals surface area contributed by atoms with Gasteiger partial charge in [0, 0.05) is 5.56 Å². The number of ether oxygens (including phenoxy) is 2. The first-order valence-corrected chi connectivity index (χ1v) is 10.1. The maximum absolute atomic E-state index is 11.9. The standard InChI is InChI=1S/C19H21N5O4S/c1-3-27-14-7-5-13(6-8-14)19-22-21-15-9-10-17(23-24(15)19)29-12-16(25)20-11-18(26)28-4-2/h5-10H,3-4,11-12H2,1-2H3,(H,20,25). The number of carbonyl (C=O) groups excluding carboxylic acids is 2. The van der Waals surface area contributed by atoms with E-state index in [1.165, 1.54) is 11.8 Å². The fourth-order valence-electron chi connectivity index (χ4n) is 2.47. The molecule has 0 aliphatic heterocycles. The van der Waals surface area contributed by atoms with Crippen LogP contribution in [-0.2, 0) is 14.3 Å². The molecule has 3 rings (SSSR count). The maximum Gasteiger partial charge on any atom is 0.325 e. The third-order valence-corrected chi connectivity index (χ3v) is 4.67. The zero-order valence-corrected chi connectivity index (χ0v) is 16.9. The highest BCUT2D eigenvalue weighted by atomic mass is 32.2. The minimum Gasteiger partial charge on any atom is -0.494 e. The monoisotopic (exact) mass is 415 g/mol. The summed E-state index contributed by atoms with van der Waals surface area (Å²) >= 11 is 1.25. The number of carbonyl (C=O) groups is 2. The normalized spacial score (nSPS) is 10.7. The average Bonchev–Trinajstić information content (AvgIpc) is 3.15. The number of fused-ring (bicyclic) bond motifs is 1. The van der Waals surface area contributed by atoms with E-state index in [1.807, 2.05) is 31.2 Å². The Morgan fingerprint density at radius 2 is 1.86 bits per heavy atom. The van der Waals surface area contributed by atoms with E-state index in [2.05, 4.69) is 20.6 Å². The minimum absolute atomic E-state index is 0.123. The van der Waals surface area contributed by atoms with Crippen LogP contribution in [0.25, 0.3) is 17.0 Å². The van der Waals surface area contributed by atoms with Gasteiger partial charge in [-0.3, -0.25) is 9.59 Å². The van der Waals surface area contributed by atoms with Gasteiger partial charge in [0.2, 0.25) is 5.91 Å². The lowest BCUT2D eigenvalue weighted by atomic mass is 10.2. The molecule has 0 atom stereocenters. The molecular formula is C19H21N5O4S. The van der Waals surface area contributed by atoms with Crippen molar-refractivity contribution in [2.45, 2.75) is 18.9 Å². The van der Waals surface area contributed by atoms with Gasteiger partial charge in [0.1, 0.15) is 17.3 Å². The van der Waals surface area contributed by atoms with Crippen LogP contribution in [0, 0.1) is 0 Å². The fraction of sp³-hybridized carbons (Fsp3) is 0.316. The second-order valence-corrected chi connectivity index (χ2v) is 6.79. The number of aromatic nitrogens is 4. The van der Waals surface area contributed by atoms with Gasteiger partial charge in [0.05, 0.1) is 19.0 Å². The highest BCUT2D eigenvalue weighted by Gasteiger charge is 2.12. The first kappa shape index (κ1) is 20.6. The van der Waals surface area contributed by atoms with Gasteiger partial charge in [-0.1, -0.05) is 11.8 Å². The molecule has 1 aromatic carbocycles. The molecule has 0 radical (unpaired) electrons. The molecule has 152 valence electrons. The van der Waals surface area contributed by atoms with E-state index in [4.69, 9.17) is 9.47 Å². The summed E-state index contributed by atoms with van der Waals surface area (Å²) in [5.41, 5.74) is 1.45. The molecule has 0 bridgehead atoms. The molecule has 10 heteroatoms. The van der Waals surface area contributed by atoms with Crippen LogP contribution in [0.4, 0.5) is 0 Å². The summed E-state index contributed by atoms with van der Waals surface area (Å²) in [4.78, 5) is 23.2. The quantitative estimate of drug-likeness (QED) is 0.417. The lowest BCUT2D eigenvalue weighted by molar-refractivity contribution is -0.143. The summed E-state index contributed by atoms with van der Waals surface area (Å²) in [6.45, 7) is 4.38. The van der Waals surface area contributed by atoms with Gasteiger partial charge in [-0.2, -0.15) is 9.61 Å². The third-order valence-electron chi connectivity index (χ3n) is 3.75. The van der Waals surface area contributed by atoms with E-state index in [0.29, 0.717) is 23.1 Å². The van der Waals surface area contributed by atoms with Crippen LogP contribution in [0.15, 0.2) is 41.4 Å². The van der Waals surface area contributed by atoms with Crippen molar-refractivity contribution < 1.29 is 19.1 Å². The number of rotatable bonds is 9. The lowest BCUT2D eigenvalue weighted by Gasteiger charge is -2.06. The van der Waals surface area contributed by atoms with Crippen LogP contribution in [0.1, 0.15) is 13.8 Å². The van der Waals surface area contributed by atoms with Gasteiger partial charge in [-0.25, -0.2) is 0 Å². The summed E-state index contributed by atoms with van der Waals surface area (Å²) in [7, 11) is 0. The smallest absolute Gasteiger partial charge is 0.325 e. The Morgan fingerprint density at radius 1 is 1.07 bits per heavy atom. The number of thioether (sulfide) groups is 1. The summed E-state index contributed by atoms with van der Waals surface area (Å²) < 4.78 is 11.9. The first-order valence-electron chi connectivity index (χ1n) is 9.11. The van der Waals surface area contributed by atoms with Gasteiger partial charge in [-0.15, -0.1) is 10.2 Å². The Hall–Kier alpha value is -3.14. The maximum atomic E-state index is 11.9. The molecule has 29 heavy (non-hydrogen) atoms. The van der Waals surface area contributed by atoms with E-state index >= 15 is 0 Å². The molecule has 2 aromatic heterocycles. The highest BCUT2D eigenvalue weighted by Crippen LogP contribution is 2.22. The van der Waals surface area contributed by atoms with Crippen molar-refractivity contribution in [1.29, 1.82) is 0 Å². The van der Waals surface area contributed by atoms with E-state index in [0.717, 1.165) is 11.3 Å². The number of nitrogens with zero attached hydrogens (tertiary/aromatic N) is 4. The predicted octanol–water partition coefficient (Wildman–Crippen LogP) is 1.96. The van der Waals surface area contributed by atoms with Crippen LogP contribution >= 0.6 is 11.8 Å². The second kappa shape index (κ2) is 9.87. The molecule has 0 spiro atoms. The Morgan fingerprint density at radius 3 is 2.59 bits per heavy atom. The summed E-state index contributed by atoms with van der Waals surface area (Å²) in [6, 6.07) is 11.1. The van der Waals surface area contributed by atoms with Crippen molar-refractivity contribution in [2.24, 2.45) is 0 Å². The van der Waals surface area contributed by atoms with Crippen LogP contribution in [0.2, 0.25) is 0 Å². The van der Waals surface area contributed by atoms with Crippen molar-refractivity contribution in [3.63, 3.8) is 0 Å². The van der Waals surface area contributed by atoms with Crippen molar-refractivity contribution in [2.75, 3.05) is 25.5 Å². The molecule has 0 fully saturated rings. The van der Waals surface area contributed by atoms with E-state index in [9.17, 15) is 9.59 Å². The molecular weight excluding hydrogens is 394 g/mol. The van der Waals surface area contributed by atoms with Crippen molar-refractivity contribution >= 4 is 29.3 Å². The summed E-state index contributed by atoms with van der Waals surface area (Å²) in [5, 5.41) is 16.0. The van der Waals surface area contributed by atoms with Gasteiger partial charge < -0.3 is 14.8 Å². The van der Waals surface area contributed by atoms with Gasteiger partial charge in [0.15, 0.2) is 11.5 Å². The number of nitrogens with one attached hydrogen (secondary N) is 1. The SMILES string of the molecule is CCOC(=O)CNC(=O)CSc1ccc2nnc(-c3ccc(OCC)cc3)n2n1. The second-order valence-electron chi connectivity index (χ2n) is 5.79. The van der Waals surface area contributed by atoms with Crippen molar-refractivity contribution in [3.05, 3.63) is 36.4 Å². The molecule has 0 aliphatic rings. The molecule has 1 N–H and O–H groups in total. The molecule has 9 nitrogen and oxygen atoms in total. The summed E-state index contributed by atoms with van der Waals surface area (Å²) in [5.74, 6) is 0.758. The molecule has 0 aliphatic carbocycles. The minimum atomic E-state index is -0.463. The highest BCUT2D eigenvalue weighted by molar-refractivity contribution is 7.99. The molecule has 0 unspecified atom stereocenters.